The summed E-state index contributed by atoms with van der Waals surface area (Å²) in [5, 5.41) is 9.04. The van der Waals surface area contributed by atoms with E-state index in [-0.39, 0.29) is 24.4 Å². The molecule has 0 saturated carbocycles. The Hall–Kier alpha value is -2.32. The van der Waals surface area contributed by atoms with Crippen molar-refractivity contribution in [2.24, 2.45) is 4.99 Å². The predicted octanol–water partition coefficient (Wildman–Crippen LogP) is 4.35. The van der Waals surface area contributed by atoms with Crippen LogP contribution in [0.15, 0.2) is 58.4 Å². The van der Waals surface area contributed by atoms with Crippen LogP contribution >= 0.6 is 11.8 Å². The Labute approximate surface area is 138 Å². The van der Waals surface area contributed by atoms with Gasteiger partial charge in [0.2, 0.25) is 5.90 Å². The lowest BCUT2D eigenvalue weighted by Gasteiger charge is -2.16. The standard InChI is InChI=1S/C18H15FN2OS/c1-23-15-8-4-12(5-9-15)17-16(10-11-20)21-18(22-17)13-2-6-14(19)7-3-13/h2-9,16-17H,10H2,1H3. The maximum atomic E-state index is 13.1. The fraction of sp³-hybridized carbons (Fsp3) is 0.222. The normalized spacial score (nSPS) is 19.8. The van der Waals surface area contributed by atoms with Gasteiger partial charge in [-0.1, -0.05) is 12.1 Å². The smallest absolute Gasteiger partial charge is 0.217 e. The van der Waals surface area contributed by atoms with E-state index in [1.54, 1.807) is 23.9 Å². The summed E-state index contributed by atoms with van der Waals surface area (Å²) in [6.45, 7) is 0. The van der Waals surface area contributed by atoms with Crippen LogP contribution in [0.2, 0.25) is 0 Å². The molecule has 0 fully saturated rings. The summed E-state index contributed by atoms with van der Waals surface area (Å²) in [4.78, 5) is 5.69. The number of hydrogen-bond donors (Lipinski definition) is 0. The molecule has 0 radical (unpaired) electrons. The van der Waals surface area contributed by atoms with Crippen LogP contribution in [0.3, 0.4) is 0 Å². The number of nitrogens with zero attached hydrogens (tertiary/aromatic N) is 2. The predicted molar refractivity (Wildman–Crippen MR) is 89.0 cm³/mol. The maximum Gasteiger partial charge on any atom is 0.217 e. The van der Waals surface area contributed by atoms with Crippen LogP contribution < -0.4 is 0 Å². The summed E-state index contributed by atoms with van der Waals surface area (Å²) >= 11 is 1.67. The van der Waals surface area contributed by atoms with Crippen molar-refractivity contribution in [1.82, 2.24) is 0 Å². The summed E-state index contributed by atoms with van der Waals surface area (Å²) in [6, 6.07) is 16.0. The SMILES string of the molecule is CSc1ccc(C2OC(c3ccc(F)cc3)=NC2CC#N)cc1. The third kappa shape index (κ3) is 3.38. The van der Waals surface area contributed by atoms with Crippen LogP contribution in [0.5, 0.6) is 0 Å². The number of rotatable bonds is 4. The van der Waals surface area contributed by atoms with Crippen LogP contribution in [0.1, 0.15) is 23.7 Å². The second kappa shape index (κ2) is 6.84. The van der Waals surface area contributed by atoms with Gasteiger partial charge < -0.3 is 4.74 Å². The molecule has 1 aliphatic rings. The molecule has 0 saturated heterocycles. The Balaban J connectivity index is 1.87. The van der Waals surface area contributed by atoms with Crippen molar-refractivity contribution >= 4 is 17.7 Å². The first kappa shape index (κ1) is 15.6. The molecule has 0 spiro atoms. The lowest BCUT2D eigenvalue weighted by Crippen LogP contribution is -2.13. The number of hydrogen-bond acceptors (Lipinski definition) is 4. The second-order valence-electron chi connectivity index (χ2n) is 5.18. The maximum absolute atomic E-state index is 13.1. The van der Waals surface area contributed by atoms with Crippen molar-refractivity contribution in [1.29, 1.82) is 5.26 Å². The molecule has 2 atom stereocenters. The van der Waals surface area contributed by atoms with E-state index in [9.17, 15) is 4.39 Å². The molecule has 116 valence electrons. The monoisotopic (exact) mass is 326 g/mol. The molecule has 5 heteroatoms. The number of nitriles is 1. The minimum Gasteiger partial charge on any atom is -0.467 e. The minimum atomic E-state index is -0.301. The third-order valence-corrected chi connectivity index (χ3v) is 4.45. The quantitative estimate of drug-likeness (QED) is 0.785. The van der Waals surface area contributed by atoms with Gasteiger partial charge in [0, 0.05) is 10.5 Å². The molecule has 2 aromatic carbocycles. The highest BCUT2D eigenvalue weighted by molar-refractivity contribution is 7.98. The largest absolute Gasteiger partial charge is 0.467 e. The van der Waals surface area contributed by atoms with Crippen molar-refractivity contribution in [3.05, 3.63) is 65.5 Å². The van der Waals surface area contributed by atoms with Crippen molar-refractivity contribution in [2.45, 2.75) is 23.5 Å². The summed E-state index contributed by atoms with van der Waals surface area (Å²) < 4.78 is 19.0. The van der Waals surface area contributed by atoms with Crippen molar-refractivity contribution in [3.8, 4) is 6.07 Å². The van der Waals surface area contributed by atoms with Gasteiger partial charge in [-0.15, -0.1) is 11.8 Å². The summed E-state index contributed by atoms with van der Waals surface area (Å²) in [7, 11) is 0. The average Bonchev–Trinajstić information content (AvgIpc) is 3.00. The van der Waals surface area contributed by atoms with Crippen LogP contribution in [0, 0.1) is 17.1 Å². The highest BCUT2D eigenvalue weighted by atomic mass is 32.2. The van der Waals surface area contributed by atoms with Crippen molar-refractivity contribution < 1.29 is 9.13 Å². The molecule has 0 amide bonds. The lowest BCUT2D eigenvalue weighted by molar-refractivity contribution is 0.197. The first-order chi connectivity index (χ1) is 11.2. The molecule has 0 aliphatic carbocycles. The van der Waals surface area contributed by atoms with Crippen molar-refractivity contribution in [2.75, 3.05) is 6.26 Å². The molecular weight excluding hydrogens is 311 g/mol. The topological polar surface area (TPSA) is 45.4 Å². The minimum absolute atomic E-state index is 0.250. The molecule has 3 rings (SSSR count). The van der Waals surface area contributed by atoms with Gasteiger partial charge in [0.05, 0.1) is 12.5 Å². The van der Waals surface area contributed by atoms with Crippen LogP contribution in [-0.4, -0.2) is 18.2 Å². The molecule has 23 heavy (non-hydrogen) atoms. The Morgan fingerprint density at radius 1 is 1.17 bits per heavy atom. The van der Waals surface area contributed by atoms with E-state index in [0.717, 1.165) is 11.1 Å². The molecule has 2 aromatic rings. The van der Waals surface area contributed by atoms with Crippen LogP contribution in [0.25, 0.3) is 0 Å². The molecule has 0 N–H and O–H groups in total. The molecule has 1 heterocycles. The number of benzene rings is 2. The Morgan fingerprint density at radius 2 is 1.87 bits per heavy atom. The fourth-order valence-corrected chi connectivity index (χ4v) is 2.92. The zero-order chi connectivity index (χ0) is 16.2. The fourth-order valence-electron chi connectivity index (χ4n) is 2.51. The second-order valence-corrected chi connectivity index (χ2v) is 6.06. The van der Waals surface area contributed by atoms with E-state index in [4.69, 9.17) is 10.00 Å². The van der Waals surface area contributed by atoms with E-state index >= 15 is 0 Å². The number of halogens is 1. The molecule has 3 nitrogen and oxygen atoms in total. The van der Waals surface area contributed by atoms with Gasteiger partial charge >= 0.3 is 0 Å². The van der Waals surface area contributed by atoms with E-state index < -0.39 is 0 Å². The van der Waals surface area contributed by atoms with Crippen molar-refractivity contribution in [3.63, 3.8) is 0 Å². The van der Waals surface area contributed by atoms with E-state index in [0.29, 0.717) is 5.90 Å². The zero-order valence-corrected chi connectivity index (χ0v) is 13.4. The summed E-state index contributed by atoms with van der Waals surface area (Å²) in [5.74, 6) is 0.161. The molecule has 0 bridgehead atoms. The molecule has 0 aromatic heterocycles. The third-order valence-electron chi connectivity index (χ3n) is 3.71. The summed E-state index contributed by atoms with van der Waals surface area (Å²) in [5.41, 5.74) is 1.71. The van der Waals surface area contributed by atoms with Gasteiger partial charge in [-0.3, -0.25) is 0 Å². The number of aliphatic imine (C=N–C) groups is 1. The highest BCUT2D eigenvalue weighted by Crippen LogP contribution is 2.33. The van der Waals surface area contributed by atoms with Gasteiger partial charge in [0.15, 0.2) is 0 Å². The zero-order valence-electron chi connectivity index (χ0n) is 12.6. The van der Waals surface area contributed by atoms with Crippen LogP contribution in [0.4, 0.5) is 4.39 Å². The number of ether oxygens (including phenoxy) is 1. The van der Waals surface area contributed by atoms with Gasteiger partial charge in [-0.2, -0.15) is 5.26 Å². The van der Waals surface area contributed by atoms with Crippen LogP contribution in [-0.2, 0) is 4.74 Å². The van der Waals surface area contributed by atoms with Gasteiger partial charge in [0.25, 0.3) is 0 Å². The Bertz CT molecular complexity index is 750. The van der Waals surface area contributed by atoms with E-state index in [1.807, 2.05) is 30.5 Å². The van der Waals surface area contributed by atoms with E-state index in [1.165, 1.54) is 17.0 Å². The van der Waals surface area contributed by atoms with E-state index in [2.05, 4.69) is 11.1 Å². The van der Waals surface area contributed by atoms with Gasteiger partial charge in [0.1, 0.15) is 18.0 Å². The van der Waals surface area contributed by atoms with Gasteiger partial charge in [-0.05, 0) is 48.2 Å². The lowest BCUT2D eigenvalue weighted by atomic mass is 10.0. The first-order valence-corrected chi connectivity index (χ1v) is 8.45. The number of thioether (sulfide) groups is 1. The Morgan fingerprint density at radius 3 is 2.48 bits per heavy atom. The molecular formula is C18H15FN2OS. The van der Waals surface area contributed by atoms with Gasteiger partial charge in [-0.25, -0.2) is 9.38 Å². The molecule has 1 aliphatic heterocycles. The molecule has 2 unspecified atom stereocenters. The average molecular weight is 326 g/mol. The summed E-state index contributed by atoms with van der Waals surface area (Å²) in [6.07, 6.45) is 2.01. The highest BCUT2D eigenvalue weighted by Gasteiger charge is 2.32. The Kier molecular flexibility index (Phi) is 4.63. The first-order valence-electron chi connectivity index (χ1n) is 7.22.